The molecule has 0 spiro atoms. The number of nitrogens with zero attached hydrogens (tertiary/aromatic N) is 1. The van der Waals surface area contributed by atoms with E-state index < -0.39 is 6.10 Å². The predicted molar refractivity (Wildman–Crippen MR) is 57.3 cm³/mol. The molecule has 0 radical (unpaired) electrons. The van der Waals surface area contributed by atoms with Crippen LogP contribution in [0.25, 0.3) is 0 Å². The Morgan fingerprint density at radius 3 is 2.80 bits per heavy atom. The standard InChI is InChI=1S/C11H16N2O2/c1-8(10-5-4-6-12-7-10)13-11(14)9(2)15-3/h4-9H,1-3H3,(H,13,14). The van der Waals surface area contributed by atoms with Crippen LogP contribution < -0.4 is 5.32 Å². The highest BCUT2D eigenvalue weighted by Crippen LogP contribution is 2.09. The van der Waals surface area contributed by atoms with E-state index in [0.717, 1.165) is 5.56 Å². The molecule has 0 saturated heterocycles. The Bertz CT molecular complexity index is 314. The van der Waals surface area contributed by atoms with Gasteiger partial charge in [0.1, 0.15) is 6.10 Å². The Balaban J connectivity index is 2.56. The minimum Gasteiger partial charge on any atom is -0.372 e. The molecule has 0 aliphatic rings. The summed E-state index contributed by atoms with van der Waals surface area (Å²) < 4.78 is 4.92. The van der Waals surface area contributed by atoms with Gasteiger partial charge in [-0.25, -0.2) is 0 Å². The molecule has 4 heteroatoms. The molecular formula is C11H16N2O2. The average molecular weight is 208 g/mol. The van der Waals surface area contributed by atoms with Gasteiger partial charge in [0.15, 0.2) is 0 Å². The lowest BCUT2D eigenvalue weighted by atomic mass is 10.1. The first-order chi connectivity index (χ1) is 7.15. The second kappa shape index (κ2) is 5.46. The van der Waals surface area contributed by atoms with E-state index in [-0.39, 0.29) is 11.9 Å². The molecule has 0 saturated carbocycles. The number of methoxy groups -OCH3 is 1. The first-order valence-corrected chi connectivity index (χ1v) is 4.88. The van der Waals surface area contributed by atoms with Gasteiger partial charge in [-0.3, -0.25) is 9.78 Å². The molecule has 0 aliphatic heterocycles. The highest BCUT2D eigenvalue weighted by atomic mass is 16.5. The minimum absolute atomic E-state index is 0.0520. The molecule has 15 heavy (non-hydrogen) atoms. The number of carbonyl (C=O) groups excluding carboxylic acids is 1. The smallest absolute Gasteiger partial charge is 0.249 e. The number of pyridine rings is 1. The molecule has 0 fully saturated rings. The van der Waals surface area contributed by atoms with Gasteiger partial charge >= 0.3 is 0 Å². The van der Waals surface area contributed by atoms with E-state index in [1.54, 1.807) is 19.3 Å². The van der Waals surface area contributed by atoms with Crippen molar-refractivity contribution in [3.05, 3.63) is 30.1 Å². The van der Waals surface area contributed by atoms with Gasteiger partial charge in [0.2, 0.25) is 5.91 Å². The van der Waals surface area contributed by atoms with Crippen LogP contribution in [0, 0.1) is 0 Å². The molecule has 2 unspecified atom stereocenters. The number of aromatic nitrogens is 1. The Hall–Kier alpha value is -1.42. The lowest BCUT2D eigenvalue weighted by Crippen LogP contribution is -2.35. The van der Waals surface area contributed by atoms with Crippen molar-refractivity contribution in [1.82, 2.24) is 10.3 Å². The molecule has 1 aromatic heterocycles. The summed E-state index contributed by atoms with van der Waals surface area (Å²) in [5.41, 5.74) is 0.981. The lowest BCUT2D eigenvalue weighted by Gasteiger charge is -2.16. The Kier molecular flexibility index (Phi) is 4.24. The van der Waals surface area contributed by atoms with Crippen LogP contribution in [0.15, 0.2) is 24.5 Å². The third-order valence-electron chi connectivity index (χ3n) is 2.27. The number of hydrogen-bond acceptors (Lipinski definition) is 3. The number of hydrogen-bond donors (Lipinski definition) is 1. The summed E-state index contributed by atoms with van der Waals surface area (Å²) in [5, 5.41) is 2.84. The van der Waals surface area contributed by atoms with E-state index >= 15 is 0 Å². The average Bonchev–Trinajstić information content (AvgIpc) is 2.29. The van der Waals surface area contributed by atoms with Crippen molar-refractivity contribution in [1.29, 1.82) is 0 Å². The Labute approximate surface area is 89.7 Å². The van der Waals surface area contributed by atoms with Crippen molar-refractivity contribution in [2.75, 3.05) is 7.11 Å². The molecule has 1 rings (SSSR count). The molecule has 0 aromatic carbocycles. The van der Waals surface area contributed by atoms with Crippen molar-refractivity contribution in [2.24, 2.45) is 0 Å². The van der Waals surface area contributed by atoms with Crippen molar-refractivity contribution in [2.45, 2.75) is 26.0 Å². The van der Waals surface area contributed by atoms with Crippen molar-refractivity contribution >= 4 is 5.91 Å². The molecule has 4 nitrogen and oxygen atoms in total. The Morgan fingerprint density at radius 1 is 1.53 bits per heavy atom. The molecule has 0 aliphatic carbocycles. The highest BCUT2D eigenvalue weighted by Gasteiger charge is 2.14. The van der Waals surface area contributed by atoms with Gasteiger partial charge in [-0.2, -0.15) is 0 Å². The van der Waals surface area contributed by atoms with Gasteiger partial charge in [-0.05, 0) is 25.5 Å². The maximum atomic E-state index is 11.5. The summed E-state index contributed by atoms with van der Waals surface area (Å²) >= 11 is 0. The summed E-state index contributed by atoms with van der Waals surface area (Å²) in [6, 6.07) is 3.72. The van der Waals surface area contributed by atoms with Gasteiger partial charge in [-0.15, -0.1) is 0 Å². The maximum Gasteiger partial charge on any atom is 0.249 e. The van der Waals surface area contributed by atoms with Gasteiger partial charge in [0.25, 0.3) is 0 Å². The lowest BCUT2D eigenvalue weighted by molar-refractivity contribution is -0.130. The van der Waals surface area contributed by atoms with Crippen LogP contribution in [-0.4, -0.2) is 24.1 Å². The number of amides is 1. The topological polar surface area (TPSA) is 51.2 Å². The Morgan fingerprint density at radius 2 is 2.27 bits per heavy atom. The summed E-state index contributed by atoms with van der Waals surface area (Å²) in [6.45, 7) is 3.63. The van der Waals surface area contributed by atoms with Crippen LogP contribution in [0.5, 0.6) is 0 Å². The number of ether oxygens (including phenoxy) is 1. The number of rotatable bonds is 4. The normalized spacial score (nSPS) is 14.3. The summed E-state index contributed by atoms with van der Waals surface area (Å²) in [4.78, 5) is 15.5. The van der Waals surface area contributed by atoms with Crippen LogP contribution in [0.4, 0.5) is 0 Å². The zero-order chi connectivity index (χ0) is 11.3. The van der Waals surface area contributed by atoms with E-state index in [1.165, 1.54) is 7.11 Å². The van der Waals surface area contributed by atoms with Crippen molar-refractivity contribution in [3.8, 4) is 0 Å². The summed E-state index contributed by atoms with van der Waals surface area (Å²) in [7, 11) is 1.51. The molecule has 1 N–H and O–H groups in total. The van der Waals surface area contributed by atoms with Gasteiger partial charge < -0.3 is 10.1 Å². The second-order valence-electron chi connectivity index (χ2n) is 3.39. The fourth-order valence-corrected chi connectivity index (χ4v) is 1.15. The van der Waals surface area contributed by atoms with Crippen molar-refractivity contribution in [3.63, 3.8) is 0 Å². The first-order valence-electron chi connectivity index (χ1n) is 4.88. The fraction of sp³-hybridized carbons (Fsp3) is 0.455. The largest absolute Gasteiger partial charge is 0.372 e. The SMILES string of the molecule is COC(C)C(=O)NC(C)c1cccnc1. The molecular weight excluding hydrogens is 192 g/mol. The molecule has 1 heterocycles. The van der Waals surface area contributed by atoms with Crippen LogP contribution in [0.1, 0.15) is 25.5 Å². The molecule has 2 atom stereocenters. The zero-order valence-electron chi connectivity index (χ0n) is 9.23. The van der Waals surface area contributed by atoms with Gasteiger partial charge in [0.05, 0.1) is 6.04 Å². The van der Waals surface area contributed by atoms with Gasteiger partial charge in [-0.1, -0.05) is 6.07 Å². The van der Waals surface area contributed by atoms with E-state index in [9.17, 15) is 4.79 Å². The zero-order valence-corrected chi connectivity index (χ0v) is 9.23. The highest BCUT2D eigenvalue weighted by molar-refractivity contribution is 5.80. The van der Waals surface area contributed by atoms with Crippen molar-refractivity contribution < 1.29 is 9.53 Å². The molecule has 0 bridgehead atoms. The van der Waals surface area contributed by atoms with Crippen LogP contribution in [0.2, 0.25) is 0 Å². The number of carbonyl (C=O) groups is 1. The monoisotopic (exact) mass is 208 g/mol. The number of nitrogens with one attached hydrogen (secondary N) is 1. The molecule has 1 aromatic rings. The third-order valence-corrected chi connectivity index (χ3v) is 2.27. The van der Waals surface area contributed by atoms with Crippen LogP contribution >= 0.6 is 0 Å². The third kappa shape index (κ3) is 3.32. The summed E-state index contributed by atoms with van der Waals surface area (Å²) in [6.07, 6.45) is 3.02. The quantitative estimate of drug-likeness (QED) is 0.811. The van der Waals surface area contributed by atoms with Gasteiger partial charge in [0, 0.05) is 19.5 Å². The molecule has 82 valence electrons. The van der Waals surface area contributed by atoms with Crippen LogP contribution in [-0.2, 0) is 9.53 Å². The van der Waals surface area contributed by atoms with E-state index in [1.807, 2.05) is 19.1 Å². The van der Waals surface area contributed by atoms with Crippen LogP contribution in [0.3, 0.4) is 0 Å². The van der Waals surface area contributed by atoms with E-state index in [2.05, 4.69) is 10.3 Å². The summed E-state index contributed by atoms with van der Waals surface area (Å²) in [5.74, 6) is -0.117. The predicted octanol–water partition coefficient (Wildman–Crippen LogP) is 1.29. The molecule has 1 amide bonds. The first kappa shape index (κ1) is 11.7. The van der Waals surface area contributed by atoms with E-state index in [4.69, 9.17) is 4.74 Å². The second-order valence-corrected chi connectivity index (χ2v) is 3.39. The maximum absolute atomic E-state index is 11.5. The van der Waals surface area contributed by atoms with E-state index in [0.29, 0.717) is 0 Å². The minimum atomic E-state index is -0.427. The fourth-order valence-electron chi connectivity index (χ4n) is 1.15.